The summed E-state index contributed by atoms with van der Waals surface area (Å²) in [6.07, 6.45) is 0. The lowest BCUT2D eigenvalue weighted by atomic mass is 10.2. The Morgan fingerprint density at radius 1 is 1.40 bits per heavy atom. The van der Waals surface area contributed by atoms with E-state index in [1.165, 1.54) is 0 Å². The zero-order valence-corrected chi connectivity index (χ0v) is 11.4. The van der Waals surface area contributed by atoms with E-state index in [2.05, 4.69) is 20.4 Å². The Labute approximate surface area is 118 Å². The van der Waals surface area contributed by atoms with Crippen LogP contribution < -0.4 is 0 Å². The van der Waals surface area contributed by atoms with Gasteiger partial charge in [-0.1, -0.05) is 30.0 Å². The Hall–Kier alpha value is -2.35. The average Bonchev–Trinajstić information content (AvgIpc) is 3.00. The van der Waals surface area contributed by atoms with Gasteiger partial charge in [-0.25, -0.2) is 0 Å². The van der Waals surface area contributed by atoms with Crippen molar-refractivity contribution in [1.82, 2.24) is 25.0 Å². The number of aromatic amines is 1. The summed E-state index contributed by atoms with van der Waals surface area (Å²) in [5, 5.41) is 25.5. The number of fused-ring (bicyclic) bond motifs is 1. The number of aliphatic carboxylic acids is 1. The molecular weight excluding hydrogens is 278 g/mol. The van der Waals surface area contributed by atoms with Crippen LogP contribution in [0.15, 0.2) is 29.4 Å². The molecule has 0 aliphatic rings. The van der Waals surface area contributed by atoms with Crippen molar-refractivity contribution >= 4 is 28.6 Å². The molecule has 102 valence electrons. The topological polar surface area (TPSA) is 96.7 Å². The molecule has 1 aromatic carbocycles. The lowest BCUT2D eigenvalue weighted by Gasteiger charge is -2.00. The van der Waals surface area contributed by atoms with Crippen molar-refractivity contribution in [1.29, 1.82) is 0 Å². The molecule has 0 aliphatic carbocycles. The van der Waals surface area contributed by atoms with Gasteiger partial charge in [0, 0.05) is 12.4 Å². The predicted octanol–water partition coefficient (Wildman–Crippen LogP) is 1.54. The molecule has 0 atom stereocenters. The van der Waals surface area contributed by atoms with Crippen LogP contribution in [0.4, 0.5) is 0 Å². The van der Waals surface area contributed by atoms with Crippen LogP contribution in [0.25, 0.3) is 22.4 Å². The molecule has 0 unspecified atom stereocenters. The van der Waals surface area contributed by atoms with Gasteiger partial charge in [0.2, 0.25) is 0 Å². The van der Waals surface area contributed by atoms with Gasteiger partial charge in [-0.2, -0.15) is 5.10 Å². The van der Waals surface area contributed by atoms with Gasteiger partial charge in [0.25, 0.3) is 0 Å². The summed E-state index contributed by atoms with van der Waals surface area (Å²) in [6.45, 7) is 0. The second-order valence-electron chi connectivity index (χ2n) is 4.17. The molecule has 20 heavy (non-hydrogen) atoms. The van der Waals surface area contributed by atoms with E-state index in [9.17, 15) is 4.79 Å². The molecule has 2 heterocycles. The van der Waals surface area contributed by atoms with Crippen LogP contribution in [-0.4, -0.2) is 41.8 Å². The molecular formula is C12H11N5O2S. The van der Waals surface area contributed by atoms with Crippen LogP contribution in [0.5, 0.6) is 0 Å². The standard InChI is InChI=1S/C12H11N5O2S/c1-17-11(15-16-12(17)20-6-9(18)19)10-7-4-2-3-5-8(7)13-14-10/h2-5H,6H2,1H3,(H,13,14)(H,18,19). The SMILES string of the molecule is Cn1c(SCC(=O)O)nnc1-c1n[nH]c2ccccc12. The highest BCUT2D eigenvalue weighted by Gasteiger charge is 2.16. The third-order valence-electron chi connectivity index (χ3n) is 2.84. The summed E-state index contributed by atoms with van der Waals surface area (Å²) < 4.78 is 1.75. The Morgan fingerprint density at radius 2 is 2.20 bits per heavy atom. The van der Waals surface area contributed by atoms with Gasteiger partial charge in [-0.15, -0.1) is 10.2 Å². The second kappa shape index (κ2) is 4.97. The molecule has 3 rings (SSSR count). The first-order valence-corrected chi connectivity index (χ1v) is 6.83. The highest BCUT2D eigenvalue weighted by atomic mass is 32.2. The van der Waals surface area contributed by atoms with Crippen molar-refractivity contribution in [3.05, 3.63) is 24.3 Å². The van der Waals surface area contributed by atoms with Gasteiger partial charge < -0.3 is 9.67 Å². The van der Waals surface area contributed by atoms with E-state index in [0.29, 0.717) is 16.7 Å². The fraction of sp³-hybridized carbons (Fsp3) is 0.167. The van der Waals surface area contributed by atoms with Crippen molar-refractivity contribution in [2.75, 3.05) is 5.75 Å². The van der Waals surface area contributed by atoms with E-state index in [-0.39, 0.29) is 5.75 Å². The molecule has 8 heteroatoms. The minimum Gasteiger partial charge on any atom is -0.481 e. The first-order chi connectivity index (χ1) is 9.66. The first-order valence-electron chi connectivity index (χ1n) is 5.84. The van der Waals surface area contributed by atoms with E-state index in [4.69, 9.17) is 5.11 Å². The number of hydrogen-bond acceptors (Lipinski definition) is 5. The Kier molecular flexibility index (Phi) is 3.15. The minimum absolute atomic E-state index is 0.0483. The number of carboxylic acids is 1. The lowest BCUT2D eigenvalue weighted by Crippen LogP contribution is -2.01. The number of thioether (sulfide) groups is 1. The predicted molar refractivity (Wildman–Crippen MR) is 74.5 cm³/mol. The maximum absolute atomic E-state index is 10.6. The number of nitrogens with zero attached hydrogens (tertiary/aromatic N) is 4. The zero-order chi connectivity index (χ0) is 14.1. The average molecular weight is 289 g/mol. The number of carbonyl (C=O) groups is 1. The summed E-state index contributed by atoms with van der Waals surface area (Å²) >= 11 is 1.13. The second-order valence-corrected chi connectivity index (χ2v) is 5.11. The molecule has 0 saturated carbocycles. The molecule has 3 aromatic rings. The van der Waals surface area contributed by atoms with Crippen LogP contribution in [-0.2, 0) is 11.8 Å². The molecule has 0 saturated heterocycles. The molecule has 0 radical (unpaired) electrons. The van der Waals surface area contributed by atoms with E-state index in [1.54, 1.807) is 11.6 Å². The van der Waals surface area contributed by atoms with Gasteiger partial charge in [0.1, 0.15) is 5.69 Å². The summed E-state index contributed by atoms with van der Waals surface area (Å²) in [6, 6.07) is 7.74. The number of nitrogens with one attached hydrogen (secondary N) is 1. The summed E-state index contributed by atoms with van der Waals surface area (Å²) in [7, 11) is 1.79. The maximum atomic E-state index is 10.6. The van der Waals surface area contributed by atoms with Crippen molar-refractivity contribution in [2.45, 2.75) is 5.16 Å². The monoisotopic (exact) mass is 289 g/mol. The van der Waals surface area contributed by atoms with Crippen LogP contribution in [0.3, 0.4) is 0 Å². The smallest absolute Gasteiger partial charge is 0.313 e. The number of H-pyrrole nitrogens is 1. The molecule has 0 spiro atoms. The summed E-state index contributed by atoms with van der Waals surface area (Å²) in [4.78, 5) is 10.6. The fourth-order valence-corrected chi connectivity index (χ4v) is 2.54. The third kappa shape index (κ3) is 2.14. The molecule has 0 fully saturated rings. The molecule has 7 nitrogen and oxygen atoms in total. The van der Waals surface area contributed by atoms with Gasteiger partial charge in [0.15, 0.2) is 11.0 Å². The normalized spacial score (nSPS) is 11.1. The fourth-order valence-electron chi connectivity index (χ4n) is 1.91. The van der Waals surface area contributed by atoms with Crippen molar-refractivity contribution in [3.8, 4) is 11.5 Å². The van der Waals surface area contributed by atoms with Crippen molar-refractivity contribution in [3.63, 3.8) is 0 Å². The van der Waals surface area contributed by atoms with Gasteiger partial charge in [0.05, 0.1) is 11.3 Å². The Bertz CT molecular complexity index is 779. The van der Waals surface area contributed by atoms with Crippen molar-refractivity contribution < 1.29 is 9.90 Å². The number of carboxylic acid groups (broad SMARTS) is 1. The molecule has 0 bridgehead atoms. The van der Waals surface area contributed by atoms with E-state index < -0.39 is 5.97 Å². The van der Waals surface area contributed by atoms with Gasteiger partial charge in [-0.05, 0) is 6.07 Å². The zero-order valence-electron chi connectivity index (χ0n) is 10.6. The van der Waals surface area contributed by atoms with Crippen LogP contribution in [0, 0.1) is 0 Å². The summed E-state index contributed by atoms with van der Waals surface area (Å²) in [5.41, 5.74) is 1.63. The Morgan fingerprint density at radius 3 is 3.00 bits per heavy atom. The van der Waals surface area contributed by atoms with Crippen LogP contribution in [0.2, 0.25) is 0 Å². The highest BCUT2D eigenvalue weighted by Crippen LogP contribution is 2.26. The summed E-state index contributed by atoms with van der Waals surface area (Å²) in [5.74, 6) is -0.326. The molecule has 0 aliphatic heterocycles. The lowest BCUT2D eigenvalue weighted by molar-refractivity contribution is -0.133. The minimum atomic E-state index is -0.884. The molecule has 2 aromatic heterocycles. The van der Waals surface area contributed by atoms with Gasteiger partial charge in [-0.3, -0.25) is 9.89 Å². The third-order valence-corrected chi connectivity index (χ3v) is 3.85. The number of hydrogen-bond donors (Lipinski definition) is 2. The van der Waals surface area contributed by atoms with Crippen molar-refractivity contribution in [2.24, 2.45) is 7.05 Å². The number of para-hydroxylation sites is 1. The van der Waals surface area contributed by atoms with Crippen LogP contribution in [0.1, 0.15) is 0 Å². The molecule has 0 amide bonds. The Balaban J connectivity index is 2.00. The molecule has 2 N–H and O–H groups in total. The maximum Gasteiger partial charge on any atom is 0.313 e. The quantitative estimate of drug-likeness (QED) is 0.707. The number of aromatic nitrogens is 5. The number of rotatable bonds is 4. The van der Waals surface area contributed by atoms with E-state index >= 15 is 0 Å². The first kappa shape index (κ1) is 12.7. The highest BCUT2D eigenvalue weighted by molar-refractivity contribution is 7.99. The largest absolute Gasteiger partial charge is 0.481 e. The number of benzene rings is 1. The van der Waals surface area contributed by atoms with E-state index in [0.717, 1.165) is 22.7 Å². The van der Waals surface area contributed by atoms with Crippen LogP contribution >= 0.6 is 11.8 Å². The van der Waals surface area contributed by atoms with Gasteiger partial charge >= 0.3 is 5.97 Å². The van der Waals surface area contributed by atoms with E-state index in [1.807, 2.05) is 24.3 Å².